The van der Waals surface area contributed by atoms with Crippen molar-refractivity contribution >= 4 is 11.4 Å². The number of nitrogens with one attached hydrogen (secondary N) is 1. The maximum atomic E-state index is 6.20. The van der Waals surface area contributed by atoms with Gasteiger partial charge in [-0.15, -0.1) is 0 Å². The van der Waals surface area contributed by atoms with Crippen LogP contribution in [0.2, 0.25) is 0 Å². The normalized spacial score (nSPS) is 17.4. The molecule has 2 rings (SSSR count). The molecule has 0 aromatic heterocycles. The van der Waals surface area contributed by atoms with Crippen LogP contribution in [0.5, 0.6) is 5.75 Å². The van der Waals surface area contributed by atoms with Crippen LogP contribution in [0, 0.1) is 0 Å². The largest absolute Gasteiger partial charge is 0.491 e. The third-order valence-electron chi connectivity index (χ3n) is 3.91. The Kier molecular flexibility index (Phi) is 6.18. The molecule has 118 valence electrons. The summed E-state index contributed by atoms with van der Waals surface area (Å²) in [5.41, 5.74) is 7.90. The molecule has 4 heteroatoms. The van der Waals surface area contributed by atoms with Crippen LogP contribution >= 0.6 is 0 Å². The smallest absolute Gasteiger partial charge is 0.144 e. The summed E-state index contributed by atoms with van der Waals surface area (Å²) >= 11 is 0. The molecule has 1 saturated heterocycles. The maximum Gasteiger partial charge on any atom is 0.144 e. The van der Waals surface area contributed by atoms with Crippen LogP contribution in [-0.4, -0.2) is 37.2 Å². The minimum atomic E-state index is 0.381. The molecule has 1 aliphatic heterocycles. The second kappa shape index (κ2) is 8.13. The van der Waals surface area contributed by atoms with Crippen molar-refractivity contribution in [2.75, 3.05) is 37.3 Å². The lowest BCUT2D eigenvalue weighted by atomic mass is 10.1. The third kappa shape index (κ3) is 4.81. The summed E-state index contributed by atoms with van der Waals surface area (Å²) in [4.78, 5) is 2.54. The second-order valence-electron chi connectivity index (χ2n) is 5.97. The standard InChI is InChI=1S/C17H29N3O/c1-3-12-21-16-9-7-8-15(17(16)18)19-14(2)13-20-10-5-4-6-11-20/h7-9,14,19H,3-6,10-13,18H2,1-2H3. The monoisotopic (exact) mass is 291 g/mol. The van der Waals surface area contributed by atoms with Crippen LogP contribution in [0.1, 0.15) is 39.5 Å². The van der Waals surface area contributed by atoms with Gasteiger partial charge in [0.05, 0.1) is 18.0 Å². The van der Waals surface area contributed by atoms with Crippen LogP contribution in [0.4, 0.5) is 11.4 Å². The number of hydrogen-bond acceptors (Lipinski definition) is 4. The van der Waals surface area contributed by atoms with E-state index in [1.54, 1.807) is 0 Å². The zero-order valence-electron chi connectivity index (χ0n) is 13.4. The SMILES string of the molecule is CCCOc1cccc(NC(C)CN2CCCCC2)c1N. The molecule has 0 saturated carbocycles. The number of nitrogens with zero attached hydrogens (tertiary/aromatic N) is 1. The predicted octanol–water partition coefficient (Wildman–Crippen LogP) is 3.34. The molecule has 0 amide bonds. The molecule has 0 bridgehead atoms. The van der Waals surface area contributed by atoms with Gasteiger partial charge >= 0.3 is 0 Å². The molecule has 0 radical (unpaired) electrons. The second-order valence-corrected chi connectivity index (χ2v) is 5.97. The van der Waals surface area contributed by atoms with E-state index in [9.17, 15) is 0 Å². The Bertz CT molecular complexity index is 430. The lowest BCUT2D eigenvalue weighted by molar-refractivity contribution is 0.223. The fourth-order valence-electron chi connectivity index (χ4n) is 2.85. The molecule has 4 nitrogen and oxygen atoms in total. The summed E-state index contributed by atoms with van der Waals surface area (Å²) in [6, 6.07) is 6.34. The number of ether oxygens (including phenoxy) is 1. The number of hydrogen-bond donors (Lipinski definition) is 2. The van der Waals surface area contributed by atoms with E-state index in [0.29, 0.717) is 12.6 Å². The molecule has 0 spiro atoms. The van der Waals surface area contributed by atoms with Crippen molar-refractivity contribution in [3.8, 4) is 5.75 Å². The van der Waals surface area contributed by atoms with E-state index in [2.05, 4.69) is 24.1 Å². The molecular weight excluding hydrogens is 262 g/mol. The van der Waals surface area contributed by atoms with E-state index in [4.69, 9.17) is 10.5 Å². The summed E-state index contributed by atoms with van der Waals surface area (Å²) in [5, 5.41) is 3.53. The summed E-state index contributed by atoms with van der Waals surface area (Å²) in [7, 11) is 0. The number of rotatable bonds is 7. The molecule has 1 aromatic rings. The number of likely N-dealkylation sites (tertiary alicyclic amines) is 1. The Morgan fingerprint density at radius 2 is 2.05 bits per heavy atom. The zero-order valence-corrected chi connectivity index (χ0v) is 13.4. The first kappa shape index (κ1) is 16.0. The van der Waals surface area contributed by atoms with Gasteiger partial charge in [0, 0.05) is 12.6 Å². The Morgan fingerprint density at radius 1 is 1.29 bits per heavy atom. The summed E-state index contributed by atoms with van der Waals surface area (Å²) in [6.45, 7) is 8.53. The number of anilines is 2. The summed E-state index contributed by atoms with van der Waals surface area (Å²) < 4.78 is 5.68. The number of para-hydroxylation sites is 1. The fraction of sp³-hybridized carbons (Fsp3) is 0.647. The Morgan fingerprint density at radius 3 is 2.76 bits per heavy atom. The van der Waals surface area contributed by atoms with E-state index >= 15 is 0 Å². The number of nitrogen functional groups attached to an aromatic ring is 1. The van der Waals surface area contributed by atoms with E-state index in [0.717, 1.165) is 30.1 Å². The van der Waals surface area contributed by atoms with Gasteiger partial charge in [0.15, 0.2) is 0 Å². The van der Waals surface area contributed by atoms with Gasteiger partial charge in [-0.3, -0.25) is 0 Å². The Balaban J connectivity index is 1.91. The minimum Gasteiger partial charge on any atom is -0.491 e. The van der Waals surface area contributed by atoms with Gasteiger partial charge in [0.2, 0.25) is 0 Å². The highest BCUT2D eigenvalue weighted by Crippen LogP contribution is 2.30. The third-order valence-corrected chi connectivity index (χ3v) is 3.91. The first-order chi connectivity index (χ1) is 10.2. The average Bonchev–Trinajstić information content (AvgIpc) is 2.49. The molecule has 21 heavy (non-hydrogen) atoms. The molecule has 1 aromatic carbocycles. The highest BCUT2D eigenvalue weighted by atomic mass is 16.5. The molecule has 1 aliphatic rings. The van der Waals surface area contributed by atoms with E-state index in [-0.39, 0.29) is 0 Å². The Hall–Kier alpha value is -1.42. The molecule has 1 heterocycles. The van der Waals surface area contributed by atoms with Gasteiger partial charge in [-0.05, 0) is 51.4 Å². The highest BCUT2D eigenvalue weighted by Gasteiger charge is 2.14. The van der Waals surface area contributed by atoms with Gasteiger partial charge in [0.1, 0.15) is 5.75 Å². The lowest BCUT2D eigenvalue weighted by Crippen LogP contribution is -2.38. The van der Waals surface area contributed by atoms with Crippen LogP contribution in [-0.2, 0) is 0 Å². The van der Waals surface area contributed by atoms with Crippen molar-refractivity contribution in [3.63, 3.8) is 0 Å². The van der Waals surface area contributed by atoms with Crippen LogP contribution in [0.3, 0.4) is 0 Å². The van der Waals surface area contributed by atoms with E-state index in [1.807, 2.05) is 18.2 Å². The van der Waals surface area contributed by atoms with Gasteiger partial charge in [0.25, 0.3) is 0 Å². The van der Waals surface area contributed by atoms with E-state index in [1.165, 1.54) is 32.4 Å². The van der Waals surface area contributed by atoms with Crippen molar-refractivity contribution in [1.29, 1.82) is 0 Å². The molecule has 1 unspecified atom stereocenters. The lowest BCUT2D eigenvalue weighted by Gasteiger charge is -2.30. The van der Waals surface area contributed by atoms with Gasteiger partial charge in [-0.1, -0.05) is 19.4 Å². The van der Waals surface area contributed by atoms with Gasteiger partial charge in [-0.2, -0.15) is 0 Å². The van der Waals surface area contributed by atoms with Crippen molar-refractivity contribution in [1.82, 2.24) is 4.90 Å². The van der Waals surface area contributed by atoms with E-state index < -0.39 is 0 Å². The highest BCUT2D eigenvalue weighted by molar-refractivity contribution is 5.73. The van der Waals surface area contributed by atoms with Gasteiger partial charge < -0.3 is 20.7 Å². The fourth-order valence-corrected chi connectivity index (χ4v) is 2.85. The average molecular weight is 291 g/mol. The molecule has 3 N–H and O–H groups in total. The van der Waals surface area contributed by atoms with Crippen molar-refractivity contribution in [2.24, 2.45) is 0 Å². The first-order valence-electron chi connectivity index (χ1n) is 8.21. The number of benzene rings is 1. The molecule has 0 aliphatic carbocycles. The summed E-state index contributed by atoms with van der Waals surface area (Å²) in [5.74, 6) is 0.784. The topological polar surface area (TPSA) is 50.5 Å². The van der Waals surface area contributed by atoms with Crippen molar-refractivity contribution in [2.45, 2.75) is 45.6 Å². The molecule has 1 atom stereocenters. The first-order valence-corrected chi connectivity index (χ1v) is 8.21. The van der Waals surface area contributed by atoms with Crippen LogP contribution < -0.4 is 15.8 Å². The van der Waals surface area contributed by atoms with Crippen LogP contribution in [0.25, 0.3) is 0 Å². The molecule has 1 fully saturated rings. The van der Waals surface area contributed by atoms with Crippen molar-refractivity contribution in [3.05, 3.63) is 18.2 Å². The predicted molar refractivity (Wildman–Crippen MR) is 90.0 cm³/mol. The number of nitrogens with two attached hydrogens (primary N) is 1. The van der Waals surface area contributed by atoms with Crippen molar-refractivity contribution < 1.29 is 4.74 Å². The van der Waals surface area contributed by atoms with Gasteiger partial charge in [-0.25, -0.2) is 0 Å². The molecular formula is C17H29N3O. The van der Waals surface area contributed by atoms with Crippen LogP contribution in [0.15, 0.2) is 18.2 Å². The quantitative estimate of drug-likeness (QED) is 0.757. The maximum absolute atomic E-state index is 6.20. The number of piperidine rings is 1. The minimum absolute atomic E-state index is 0.381. The Labute approximate surface area is 128 Å². The zero-order chi connectivity index (χ0) is 15.1. The summed E-state index contributed by atoms with van der Waals surface area (Å²) in [6.07, 6.45) is 5.02.